The SMILES string of the molecule is CNCC1(CNC(=O)CC2CCN(C)CC2)CC1. The van der Waals surface area contributed by atoms with Crippen molar-refractivity contribution in [1.82, 2.24) is 15.5 Å². The van der Waals surface area contributed by atoms with Crippen LogP contribution in [0.2, 0.25) is 0 Å². The Morgan fingerprint density at radius 1 is 1.28 bits per heavy atom. The number of nitrogens with zero attached hydrogens (tertiary/aromatic N) is 1. The fraction of sp³-hybridized carbons (Fsp3) is 0.929. The van der Waals surface area contributed by atoms with Crippen LogP contribution in [0, 0.1) is 11.3 Å². The van der Waals surface area contributed by atoms with E-state index < -0.39 is 0 Å². The van der Waals surface area contributed by atoms with Crippen LogP contribution in [0.25, 0.3) is 0 Å². The Kier molecular flexibility index (Phi) is 4.62. The van der Waals surface area contributed by atoms with E-state index in [1.54, 1.807) is 0 Å². The lowest BCUT2D eigenvalue weighted by Gasteiger charge is -2.28. The van der Waals surface area contributed by atoms with Gasteiger partial charge in [-0.25, -0.2) is 0 Å². The normalized spacial score (nSPS) is 23.9. The average molecular weight is 253 g/mol. The molecule has 2 aliphatic rings. The van der Waals surface area contributed by atoms with E-state index in [1.807, 2.05) is 7.05 Å². The van der Waals surface area contributed by atoms with Crippen molar-refractivity contribution in [2.45, 2.75) is 32.1 Å². The molecule has 1 saturated carbocycles. The van der Waals surface area contributed by atoms with Gasteiger partial charge in [-0.05, 0) is 58.8 Å². The fourth-order valence-electron chi connectivity index (χ4n) is 2.85. The molecule has 0 aromatic heterocycles. The molecule has 1 aliphatic heterocycles. The summed E-state index contributed by atoms with van der Waals surface area (Å²) in [5.41, 5.74) is 0.372. The number of hydrogen-bond donors (Lipinski definition) is 2. The van der Waals surface area contributed by atoms with Crippen molar-refractivity contribution < 1.29 is 4.79 Å². The second-order valence-corrected chi connectivity index (χ2v) is 6.26. The quantitative estimate of drug-likeness (QED) is 0.737. The highest BCUT2D eigenvalue weighted by Gasteiger charge is 2.41. The number of nitrogens with one attached hydrogen (secondary N) is 2. The Labute approximate surface area is 110 Å². The monoisotopic (exact) mass is 253 g/mol. The number of carbonyl (C=O) groups excluding carboxylic acids is 1. The van der Waals surface area contributed by atoms with Gasteiger partial charge in [0.25, 0.3) is 0 Å². The van der Waals surface area contributed by atoms with E-state index in [-0.39, 0.29) is 5.91 Å². The van der Waals surface area contributed by atoms with E-state index in [4.69, 9.17) is 0 Å². The van der Waals surface area contributed by atoms with Gasteiger partial charge in [-0.2, -0.15) is 0 Å². The highest BCUT2D eigenvalue weighted by atomic mass is 16.1. The maximum absolute atomic E-state index is 11.9. The Hall–Kier alpha value is -0.610. The predicted molar refractivity (Wildman–Crippen MR) is 73.4 cm³/mol. The summed E-state index contributed by atoms with van der Waals surface area (Å²) < 4.78 is 0. The fourth-order valence-corrected chi connectivity index (χ4v) is 2.85. The second-order valence-electron chi connectivity index (χ2n) is 6.26. The second kappa shape index (κ2) is 6.02. The first-order valence-electron chi connectivity index (χ1n) is 7.23. The van der Waals surface area contributed by atoms with Crippen molar-refractivity contribution in [2.24, 2.45) is 11.3 Å². The summed E-state index contributed by atoms with van der Waals surface area (Å²) in [5.74, 6) is 0.854. The molecule has 1 saturated heterocycles. The van der Waals surface area contributed by atoms with Crippen molar-refractivity contribution >= 4 is 5.91 Å². The van der Waals surface area contributed by atoms with Gasteiger partial charge in [0, 0.05) is 24.9 Å². The summed E-state index contributed by atoms with van der Waals surface area (Å²) in [6.07, 6.45) is 5.57. The molecule has 0 spiro atoms. The molecule has 2 rings (SSSR count). The molecule has 0 aromatic carbocycles. The molecule has 4 heteroatoms. The zero-order valence-corrected chi connectivity index (χ0v) is 11.8. The molecule has 0 atom stereocenters. The van der Waals surface area contributed by atoms with Gasteiger partial charge in [0.2, 0.25) is 5.91 Å². The molecule has 18 heavy (non-hydrogen) atoms. The predicted octanol–water partition coefficient (Wildman–Crippen LogP) is 0.834. The van der Waals surface area contributed by atoms with Gasteiger partial charge >= 0.3 is 0 Å². The zero-order valence-electron chi connectivity index (χ0n) is 11.8. The minimum Gasteiger partial charge on any atom is -0.355 e. The van der Waals surface area contributed by atoms with E-state index in [2.05, 4.69) is 22.6 Å². The van der Waals surface area contributed by atoms with Crippen molar-refractivity contribution in [2.75, 3.05) is 40.3 Å². The van der Waals surface area contributed by atoms with Crippen molar-refractivity contribution in [1.29, 1.82) is 0 Å². The van der Waals surface area contributed by atoms with Gasteiger partial charge < -0.3 is 15.5 Å². The molecule has 0 bridgehead atoms. The van der Waals surface area contributed by atoms with E-state index in [1.165, 1.54) is 25.7 Å². The molecular weight excluding hydrogens is 226 g/mol. The summed E-state index contributed by atoms with van der Waals surface area (Å²) in [7, 11) is 4.14. The molecule has 0 unspecified atom stereocenters. The summed E-state index contributed by atoms with van der Waals surface area (Å²) in [6.45, 7) is 4.17. The molecule has 0 aromatic rings. The molecule has 2 fully saturated rings. The molecule has 104 valence electrons. The summed E-state index contributed by atoms with van der Waals surface area (Å²) in [4.78, 5) is 14.3. The first-order valence-corrected chi connectivity index (χ1v) is 7.23. The van der Waals surface area contributed by atoms with Crippen molar-refractivity contribution in [3.63, 3.8) is 0 Å². The minimum atomic E-state index is 0.256. The Morgan fingerprint density at radius 3 is 2.50 bits per heavy atom. The summed E-state index contributed by atoms with van der Waals surface area (Å²) >= 11 is 0. The molecule has 0 radical (unpaired) electrons. The zero-order chi connectivity index (χ0) is 13.0. The van der Waals surface area contributed by atoms with E-state index in [0.717, 1.165) is 32.6 Å². The number of hydrogen-bond acceptors (Lipinski definition) is 3. The third-order valence-electron chi connectivity index (χ3n) is 4.48. The van der Waals surface area contributed by atoms with Gasteiger partial charge in [-0.1, -0.05) is 0 Å². The summed E-state index contributed by atoms with van der Waals surface area (Å²) in [5, 5.41) is 6.36. The number of likely N-dealkylation sites (tertiary alicyclic amines) is 1. The van der Waals surface area contributed by atoms with Gasteiger partial charge in [0.15, 0.2) is 0 Å². The molecule has 4 nitrogen and oxygen atoms in total. The molecule has 2 N–H and O–H groups in total. The van der Waals surface area contributed by atoms with Crippen LogP contribution in [-0.4, -0.2) is 51.1 Å². The van der Waals surface area contributed by atoms with Gasteiger partial charge in [0.1, 0.15) is 0 Å². The van der Waals surface area contributed by atoms with E-state index in [9.17, 15) is 4.79 Å². The Morgan fingerprint density at radius 2 is 1.94 bits per heavy atom. The van der Waals surface area contributed by atoms with Crippen LogP contribution in [0.1, 0.15) is 32.1 Å². The Balaban J connectivity index is 1.63. The number of amides is 1. The van der Waals surface area contributed by atoms with Crippen LogP contribution < -0.4 is 10.6 Å². The largest absolute Gasteiger partial charge is 0.355 e. The third kappa shape index (κ3) is 3.95. The number of piperidine rings is 1. The average Bonchev–Trinajstić information content (AvgIpc) is 3.11. The van der Waals surface area contributed by atoms with Crippen LogP contribution in [0.5, 0.6) is 0 Å². The highest BCUT2D eigenvalue weighted by Crippen LogP contribution is 2.44. The number of rotatable bonds is 6. The van der Waals surface area contributed by atoms with Crippen LogP contribution in [0.3, 0.4) is 0 Å². The lowest BCUT2D eigenvalue weighted by molar-refractivity contribution is -0.122. The van der Waals surface area contributed by atoms with Crippen LogP contribution in [-0.2, 0) is 4.79 Å². The maximum Gasteiger partial charge on any atom is 0.220 e. The van der Waals surface area contributed by atoms with Gasteiger partial charge in [-0.15, -0.1) is 0 Å². The topological polar surface area (TPSA) is 44.4 Å². The van der Waals surface area contributed by atoms with Crippen molar-refractivity contribution in [3.05, 3.63) is 0 Å². The van der Waals surface area contributed by atoms with Crippen molar-refractivity contribution in [3.8, 4) is 0 Å². The van der Waals surface area contributed by atoms with Crippen LogP contribution in [0.15, 0.2) is 0 Å². The van der Waals surface area contributed by atoms with Gasteiger partial charge in [0.05, 0.1) is 0 Å². The molecular formula is C14H27N3O. The minimum absolute atomic E-state index is 0.256. The molecule has 1 heterocycles. The lowest BCUT2D eigenvalue weighted by atomic mass is 9.93. The van der Waals surface area contributed by atoms with Crippen LogP contribution in [0.4, 0.5) is 0 Å². The Bertz CT molecular complexity index is 281. The molecule has 1 amide bonds. The summed E-state index contributed by atoms with van der Waals surface area (Å²) in [6, 6.07) is 0. The van der Waals surface area contributed by atoms with E-state index in [0.29, 0.717) is 11.3 Å². The first-order chi connectivity index (χ1) is 8.63. The smallest absolute Gasteiger partial charge is 0.220 e. The third-order valence-corrected chi connectivity index (χ3v) is 4.48. The van der Waals surface area contributed by atoms with Crippen LogP contribution >= 0.6 is 0 Å². The lowest BCUT2D eigenvalue weighted by Crippen LogP contribution is -2.37. The highest BCUT2D eigenvalue weighted by molar-refractivity contribution is 5.76. The standard InChI is InChI=1S/C14H27N3O/c1-15-10-14(5-6-14)11-16-13(18)9-12-3-7-17(2)8-4-12/h12,15H,3-11H2,1-2H3,(H,16,18). The first kappa shape index (κ1) is 13.8. The van der Waals surface area contributed by atoms with Gasteiger partial charge in [-0.3, -0.25) is 4.79 Å². The molecule has 1 aliphatic carbocycles. The maximum atomic E-state index is 11.9. The van der Waals surface area contributed by atoms with E-state index >= 15 is 0 Å². The number of carbonyl (C=O) groups is 1.